The number of aliphatic carboxylic acids is 1. The molecular weight excluding hydrogens is 244 g/mol. The van der Waals surface area contributed by atoms with E-state index in [-0.39, 0.29) is 18.0 Å². The van der Waals surface area contributed by atoms with Gasteiger partial charge in [-0.3, -0.25) is 9.78 Å². The minimum atomic E-state index is -3.60. The van der Waals surface area contributed by atoms with Crippen LogP contribution in [0.3, 0.4) is 0 Å². The van der Waals surface area contributed by atoms with E-state index < -0.39 is 21.9 Å². The fraction of sp³-hybridized carbons (Fsp3) is 0.400. The highest BCUT2D eigenvalue weighted by Crippen LogP contribution is 2.23. The molecule has 1 aliphatic rings. The minimum Gasteiger partial charge on any atom is -0.481 e. The standard InChI is InChI=1S/C10H12N2O4S/c13-10(14)8-3-5-12(7-8)17(15,16)9-2-1-4-11-6-9/h1-2,4,6,8H,3,5,7H2,(H,13,14)/t8-/m1/s1. The van der Waals surface area contributed by atoms with Crippen molar-refractivity contribution in [2.24, 2.45) is 5.92 Å². The van der Waals surface area contributed by atoms with Gasteiger partial charge >= 0.3 is 5.97 Å². The normalized spacial score (nSPS) is 21.5. The third kappa shape index (κ3) is 2.29. The van der Waals surface area contributed by atoms with Gasteiger partial charge in [0.1, 0.15) is 4.90 Å². The predicted molar refractivity (Wildman–Crippen MR) is 58.7 cm³/mol. The summed E-state index contributed by atoms with van der Waals surface area (Å²) in [6.45, 7) is 0.279. The van der Waals surface area contributed by atoms with Crippen molar-refractivity contribution in [1.82, 2.24) is 9.29 Å². The number of carboxylic acids is 1. The summed E-state index contributed by atoms with van der Waals surface area (Å²) in [4.78, 5) is 14.6. The maximum atomic E-state index is 12.1. The van der Waals surface area contributed by atoms with E-state index in [1.54, 1.807) is 0 Å². The SMILES string of the molecule is O=C(O)[C@@H]1CCN(S(=O)(=O)c2cccnc2)C1. The molecule has 0 amide bonds. The molecule has 0 aliphatic carbocycles. The minimum absolute atomic E-state index is 0.0343. The number of aromatic nitrogens is 1. The summed E-state index contributed by atoms with van der Waals surface area (Å²) < 4.78 is 25.4. The maximum absolute atomic E-state index is 12.1. The molecule has 2 rings (SSSR count). The van der Waals surface area contributed by atoms with E-state index in [0.29, 0.717) is 6.42 Å². The number of pyridine rings is 1. The first-order chi connectivity index (χ1) is 8.01. The van der Waals surface area contributed by atoms with Gasteiger partial charge in [-0.25, -0.2) is 8.42 Å². The summed E-state index contributed by atoms with van der Waals surface area (Å²) in [6.07, 6.45) is 3.11. The monoisotopic (exact) mass is 256 g/mol. The van der Waals surface area contributed by atoms with Crippen LogP contribution in [0.2, 0.25) is 0 Å². The maximum Gasteiger partial charge on any atom is 0.307 e. The number of rotatable bonds is 3. The largest absolute Gasteiger partial charge is 0.481 e. The molecule has 2 heterocycles. The predicted octanol–water partition coefficient (Wildman–Crippen LogP) is 0.177. The number of hydrogen-bond donors (Lipinski definition) is 1. The molecule has 1 atom stereocenters. The van der Waals surface area contributed by atoms with Gasteiger partial charge in [-0.05, 0) is 18.6 Å². The van der Waals surface area contributed by atoms with Gasteiger partial charge in [0.25, 0.3) is 0 Å². The zero-order chi connectivity index (χ0) is 12.5. The first kappa shape index (κ1) is 12.0. The Hall–Kier alpha value is -1.47. The van der Waals surface area contributed by atoms with Crippen molar-refractivity contribution in [1.29, 1.82) is 0 Å². The van der Waals surface area contributed by atoms with Crippen LogP contribution >= 0.6 is 0 Å². The number of sulfonamides is 1. The second kappa shape index (κ2) is 4.42. The molecule has 1 aliphatic heterocycles. The molecular formula is C10H12N2O4S. The molecule has 0 saturated carbocycles. The van der Waals surface area contributed by atoms with Crippen LogP contribution in [0.15, 0.2) is 29.4 Å². The van der Waals surface area contributed by atoms with Crippen LogP contribution in [-0.4, -0.2) is 41.9 Å². The quantitative estimate of drug-likeness (QED) is 0.833. The molecule has 0 aromatic carbocycles. The molecule has 1 fully saturated rings. The Morgan fingerprint density at radius 3 is 2.82 bits per heavy atom. The zero-order valence-electron chi connectivity index (χ0n) is 8.98. The lowest BCUT2D eigenvalue weighted by Gasteiger charge is -2.15. The summed E-state index contributed by atoms with van der Waals surface area (Å²) in [5.41, 5.74) is 0. The number of hydrogen-bond acceptors (Lipinski definition) is 4. The number of nitrogens with zero attached hydrogens (tertiary/aromatic N) is 2. The van der Waals surface area contributed by atoms with Gasteiger partial charge in [0.05, 0.1) is 5.92 Å². The molecule has 1 saturated heterocycles. The van der Waals surface area contributed by atoms with Crippen molar-refractivity contribution in [2.45, 2.75) is 11.3 Å². The first-order valence-electron chi connectivity index (χ1n) is 5.15. The molecule has 0 spiro atoms. The molecule has 0 bridgehead atoms. The Balaban J connectivity index is 2.22. The fourth-order valence-electron chi connectivity index (χ4n) is 1.80. The van der Waals surface area contributed by atoms with Gasteiger partial charge in [0.2, 0.25) is 10.0 Å². The Labute approximate surface area is 98.9 Å². The molecule has 0 unspecified atom stereocenters. The second-order valence-electron chi connectivity index (χ2n) is 3.88. The lowest BCUT2D eigenvalue weighted by molar-refractivity contribution is -0.141. The summed E-state index contributed by atoms with van der Waals surface area (Å²) in [6, 6.07) is 2.99. The lowest BCUT2D eigenvalue weighted by atomic mass is 10.1. The van der Waals surface area contributed by atoms with E-state index >= 15 is 0 Å². The highest BCUT2D eigenvalue weighted by atomic mass is 32.2. The van der Waals surface area contributed by atoms with Crippen LogP contribution in [0.1, 0.15) is 6.42 Å². The van der Waals surface area contributed by atoms with Crippen LogP contribution < -0.4 is 0 Å². The summed E-state index contributed by atoms with van der Waals surface area (Å²) in [5, 5.41) is 8.83. The number of carboxylic acid groups (broad SMARTS) is 1. The lowest BCUT2D eigenvalue weighted by Crippen LogP contribution is -2.30. The molecule has 1 aromatic heterocycles. The topological polar surface area (TPSA) is 87.6 Å². The van der Waals surface area contributed by atoms with Gasteiger partial charge in [-0.1, -0.05) is 0 Å². The van der Waals surface area contributed by atoms with Crippen molar-refractivity contribution >= 4 is 16.0 Å². The molecule has 0 radical (unpaired) electrons. The van der Waals surface area contributed by atoms with E-state index in [2.05, 4.69) is 4.98 Å². The van der Waals surface area contributed by atoms with Gasteiger partial charge < -0.3 is 5.11 Å². The molecule has 17 heavy (non-hydrogen) atoms. The van der Waals surface area contributed by atoms with E-state index in [9.17, 15) is 13.2 Å². The Bertz CT molecular complexity index is 514. The smallest absolute Gasteiger partial charge is 0.307 e. The van der Waals surface area contributed by atoms with Crippen LogP contribution in [0.4, 0.5) is 0 Å². The molecule has 1 N–H and O–H groups in total. The molecule has 6 nitrogen and oxygen atoms in total. The Morgan fingerprint density at radius 2 is 2.29 bits per heavy atom. The number of carbonyl (C=O) groups is 1. The van der Waals surface area contributed by atoms with Crippen molar-refractivity contribution in [2.75, 3.05) is 13.1 Å². The molecule has 1 aromatic rings. The Morgan fingerprint density at radius 1 is 1.53 bits per heavy atom. The summed E-state index contributed by atoms with van der Waals surface area (Å²) >= 11 is 0. The molecule has 7 heteroatoms. The third-order valence-corrected chi connectivity index (χ3v) is 4.62. The van der Waals surface area contributed by atoms with Crippen molar-refractivity contribution in [3.8, 4) is 0 Å². The van der Waals surface area contributed by atoms with Crippen molar-refractivity contribution in [3.05, 3.63) is 24.5 Å². The highest BCUT2D eigenvalue weighted by molar-refractivity contribution is 7.89. The second-order valence-corrected chi connectivity index (χ2v) is 5.81. The highest BCUT2D eigenvalue weighted by Gasteiger charge is 2.35. The van der Waals surface area contributed by atoms with E-state index in [4.69, 9.17) is 5.11 Å². The fourth-order valence-corrected chi connectivity index (χ4v) is 3.26. The van der Waals surface area contributed by atoms with Crippen molar-refractivity contribution in [3.63, 3.8) is 0 Å². The van der Waals surface area contributed by atoms with Crippen LogP contribution in [-0.2, 0) is 14.8 Å². The van der Waals surface area contributed by atoms with Crippen LogP contribution in [0.5, 0.6) is 0 Å². The Kier molecular flexibility index (Phi) is 3.12. The van der Waals surface area contributed by atoms with E-state index in [0.717, 1.165) is 0 Å². The average molecular weight is 256 g/mol. The van der Waals surface area contributed by atoms with Crippen molar-refractivity contribution < 1.29 is 18.3 Å². The summed E-state index contributed by atoms with van der Waals surface area (Å²) in [7, 11) is -3.60. The van der Waals surface area contributed by atoms with E-state index in [1.807, 2.05) is 0 Å². The van der Waals surface area contributed by atoms with Crippen LogP contribution in [0, 0.1) is 5.92 Å². The average Bonchev–Trinajstić information content (AvgIpc) is 2.80. The van der Waals surface area contributed by atoms with Gasteiger partial charge in [0.15, 0.2) is 0 Å². The summed E-state index contributed by atoms with van der Waals surface area (Å²) in [5.74, 6) is -1.56. The van der Waals surface area contributed by atoms with Crippen LogP contribution in [0.25, 0.3) is 0 Å². The third-order valence-electron chi connectivity index (χ3n) is 2.77. The van der Waals surface area contributed by atoms with Gasteiger partial charge in [0, 0.05) is 25.5 Å². The first-order valence-corrected chi connectivity index (χ1v) is 6.59. The zero-order valence-corrected chi connectivity index (χ0v) is 9.80. The van der Waals surface area contributed by atoms with Gasteiger partial charge in [-0.2, -0.15) is 4.31 Å². The van der Waals surface area contributed by atoms with E-state index in [1.165, 1.54) is 28.8 Å². The van der Waals surface area contributed by atoms with Gasteiger partial charge in [-0.15, -0.1) is 0 Å². The molecule has 92 valence electrons.